The van der Waals surface area contributed by atoms with Gasteiger partial charge in [-0.2, -0.15) is 0 Å². The van der Waals surface area contributed by atoms with Crippen molar-refractivity contribution in [3.8, 4) is 11.1 Å². The minimum Gasteiger partial charge on any atom is -0.481 e. The van der Waals surface area contributed by atoms with Crippen LogP contribution in [0.3, 0.4) is 0 Å². The van der Waals surface area contributed by atoms with Crippen molar-refractivity contribution in [3.05, 3.63) is 59.7 Å². The summed E-state index contributed by atoms with van der Waals surface area (Å²) < 4.78 is 10.9. The summed E-state index contributed by atoms with van der Waals surface area (Å²) in [5.74, 6) is -1.37. The van der Waals surface area contributed by atoms with Crippen molar-refractivity contribution in [2.75, 3.05) is 19.8 Å². The molecule has 0 aromatic heterocycles. The number of amides is 2. The highest BCUT2D eigenvalue weighted by Crippen LogP contribution is 2.44. The van der Waals surface area contributed by atoms with Gasteiger partial charge in [-0.05, 0) is 42.0 Å². The van der Waals surface area contributed by atoms with E-state index in [2.05, 4.69) is 22.8 Å². The predicted octanol–water partition coefficient (Wildman–Crippen LogP) is 3.30. The number of fused-ring (bicyclic) bond motifs is 3. The molecule has 2 aromatic carbocycles. The number of carbonyl (C=O) groups is 3. The summed E-state index contributed by atoms with van der Waals surface area (Å²) >= 11 is 0. The van der Waals surface area contributed by atoms with Crippen LogP contribution in [0.4, 0.5) is 4.79 Å². The summed E-state index contributed by atoms with van der Waals surface area (Å²) in [4.78, 5) is 36.6. The quantitative estimate of drug-likeness (QED) is 0.523. The molecule has 2 aliphatic rings. The molecular formula is C26H30N2O6. The molecule has 3 atom stereocenters. The fourth-order valence-corrected chi connectivity index (χ4v) is 4.71. The molecule has 0 bridgehead atoms. The van der Waals surface area contributed by atoms with Crippen molar-refractivity contribution in [2.45, 2.75) is 44.2 Å². The lowest BCUT2D eigenvalue weighted by Crippen LogP contribution is -2.51. The third kappa shape index (κ3) is 5.39. The molecule has 3 N–H and O–H groups in total. The van der Waals surface area contributed by atoms with E-state index in [4.69, 9.17) is 14.6 Å². The van der Waals surface area contributed by atoms with E-state index in [0.717, 1.165) is 28.7 Å². The van der Waals surface area contributed by atoms with Crippen LogP contribution in [0.15, 0.2) is 48.5 Å². The van der Waals surface area contributed by atoms with Crippen LogP contribution >= 0.6 is 0 Å². The van der Waals surface area contributed by atoms with Crippen LogP contribution in [0, 0.1) is 5.92 Å². The Morgan fingerprint density at radius 3 is 2.29 bits per heavy atom. The van der Waals surface area contributed by atoms with E-state index in [1.807, 2.05) is 43.3 Å². The lowest BCUT2D eigenvalue weighted by atomic mass is 9.98. The third-order valence-electron chi connectivity index (χ3n) is 6.64. The normalized spacial score (nSPS) is 18.4. The first kappa shape index (κ1) is 23.8. The van der Waals surface area contributed by atoms with E-state index in [9.17, 15) is 14.4 Å². The first-order chi connectivity index (χ1) is 16.4. The molecule has 0 saturated carbocycles. The standard InChI is InChI=1S/C26H30N2O6/c1-16(17-12-13-33-14-17)27-25(31)23(10-11-24(29)30)28-26(32)34-15-22-20-8-4-2-6-18(20)19-7-3-5-9-21(19)22/h2-9,16-17,22-23H,10-15H2,1H3,(H,27,31)(H,28,32)(H,29,30). The minimum atomic E-state index is -1.04. The second kappa shape index (κ2) is 10.7. The van der Waals surface area contributed by atoms with Crippen LogP contribution in [0.25, 0.3) is 11.1 Å². The third-order valence-corrected chi connectivity index (χ3v) is 6.64. The van der Waals surface area contributed by atoms with Crippen LogP contribution < -0.4 is 10.6 Å². The number of carboxylic acids is 1. The van der Waals surface area contributed by atoms with Gasteiger partial charge >= 0.3 is 12.1 Å². The van der Waals surface area contributed by atoms with E-state index in [1.165, 1.54) is 0 Å². The number of hydrogen-bond acceptors (Lipinski definition) is 5. The molecule has 3 unspecified atom stereocenters. The smallest absolute Gasteiger partial charge is 0.407 e. The zero-order chi connectivity index (χ0) is 24.1. The maximum absolute atomic E-state index is 12.8. The van der Waals surface area contributed by atoms with Gasteiger partial charge in [0.05, 0.1) is 6.61 Å². The number of benzene rings is 2. The van der Waals surface area contributed by atoms with Crippen molar-refractivity contribution >= 4 is 18.0 Å². The largest absolute Gasteiger partial charge is 0.481 e. The van der Waals surface area contributed by atoms with Gasteiger partial charge in [-0.25, -0.2) is 4.79 Å². The maximum atomic E-state index is 12.8. The van der Waals surface area contributed by atoms with Gasteiger partial charge in [0.25, 0.3) is 0 Å². The van der Waals surface area contributed by atoms with Crippen LogP contribution in [0.2, 0.25) is 0 Å². The van der Waals surface area contributed by atoms with E-state index in [-0.39, 0.29) is 37.3 Å². The van der Waals surface area contributed by atoms with Gasteiger partial charge in [-0.1, -0.05) is 48.5 Å². The lowest BCUT2D eigenvalue weighted by molar-refractivity contribution is -0.137. The Labute approximate surface area is 198 Å². The Bertz CT molecular complexity index is 1000. The molecule has 8 nitrogen and oxygen atoms in total. The number of rotatable bonds is 9. The average molecular weight is 467 g/mol. The lowest BCUT2D eigenvalue weighted by Gasteiger charge is -2.24. The number of hydrogen-bond donors (Lipinski definition) is 3. The summed E-state index contributed by atoms with van der Waals surface area (Å²) in [7, 11) is 0. The van der Waals surface area contributed by atoms with Crippen molar-refractivity contribution in [1.82, 2.24) is 10.6 Å². The van der Waals surface area contributed by atoms with E-state index >= 15 is 0 Å². The summed E-state index contributed by atoms with van der Waals surface area (Å²) in [6.45, 7) is 3.23. The molecule has 1 aliphatic heterocycles. The minimum absolute atomic E-state index is 0.0285. The van der Waals surface area contributed by atoms with Crippen molar-refractivity contribution in [2.24, 2.45) is 5.92 Å². The number of ether oxygens (including phenoxy) is 2. The van der Waals surface area contributed by atoms with E-state index < -0.39 is 24.0 Å². The number of nitrogens with one attached hydrogen (secondary N) is 2. The Morgan fingerprint density at radius 2 is 1.71 bits per heavy atom. The molecule has 1 heterocycles. The zero-order valence-corrected chi connectivity index (χ0v) is 19.2. The van der Waals surface area contributed by atoms with Gasteiger partial charge in [0.1, 0.15) is 12.6 Å². The number of alkyl carbamates (subject to hydrolysis) is 1. The Balaban J connectivity index is 1.38. The predicted molar refractivity (Wildman–Crippen MR) is 125 cm³/mol. The van der Waals surface area contributed by atoms with Crippen molar-refractivity contribution in [1.29, 1.82) is 0 Å². The van der Waals surface area contributed by atoms with Crippen LogP contribution in [0.1, 0.15) is 43.2 Å². The van der Waals surface area contributed by atoms with E-state index in [0.29, 0.717) is 13.2 Å². The molecule has 1 aliphatic carbocycles. The summed E-state index contributed by atoms with van der Waals surface area (Å²) in [5.41, 5.74) is 4.42. The first-order valence-electron chi connectivity index (χ1n) is 11.7. The molecular weight excluding hydrogens is 436 g/mol. The van der Waals surface area contributed by atoms with Gasteiger partial charge in [0.15, 0.2) is 0 Å². The summed E-state index contributed by atoms with van der Waals surface area (Å²) in [6.07, 6.45) is -0.174. The topological polar surface area (TPSA) is 114 Å². The van der Waals surface area contributed by atoms with Gasteiger partial charge in [0.2, 0.25) is 5.91 Å². The average Bonchev–Trinajstić information content (AvgIpc) is 3.47. The second-order valence-electron chi connectivity index (χ2n) is 8.88. The Kier molecular flexibility index (Phi) is 7.47. The molecule has 34 heavy (non-hydrogen) atoms. The van der Waals surface area contributed by atoms with Crippen LogP contribution in [-0.2, 0) is 19.1 Å². The van der Waals surface area contributed by atoms with Gasteiger partial charge in [-0.3, -0.25) is 9.59 Å². The number of aliphatic carboxylic acids is 1. The summed E-state index contributed by atoms with van der Waals surface area (Å²) in [6, 6.07) is 14.9. The monoisotopic (exact) mass is 466 g/mol. The molecule has 2 amide bonds. The zero-order valence-electron chi connectivity index (χ0n) is 19.2. The molecule has 0 radical (unpaired) electrons. The fraction of sp³-hybridized carbons (Fsp3) is 0.423. The molecule has 1 fully saturated rings. The second-order valence-corrected chi connectivity index (χ2v) is 8.88. The number of carboxylic acid groups (broad SMARTS) is 1. The Morgan fingerprint density at radius 1 is 1.06 bits per heavy atom. The van der Waals surface area contributed by atoms with Crippen molar-refractivity contribution in [3.63, 3.8) is 0 Å². The molecule has 180 valence electrons. The highest BCUT2D eigenvalue weighted by atomic mass is 16.5. The first-order valence-corrected chi connectivity index (χ1v) is 11.7. The fourth-order valence-electron chi connectivity index (χ4n) is 4.71. The van der Waals surface area contributed by atoms with E-state index in [1.54, 1.807) is 0 Å². The SMILES string of the molecule is CC(NC(=O)C(CCC(=O)O)NC(=O)OCC1c2ccccc2-c2ccccc21)C1CCOC1. The molecule has 1 saturated heterocycles. The van der Waals surface area contributed by atoms with Gasteiger partial charge < -0.3 is 25.2 Å². The maximum Gasteiger partial charge on any atom is 0.407 e. The molecule has 2 aromatic rings. The number of carbonyl (C=O) groups excluding carboxylic acids is 2. The van der Waals surface area contributed by atoms with Gasteiger partial charge in [0, 0.05) is 30.9 Å². The Hall–Kier alpha value is -3.39. The summed E-state index contributed by atoms with van der Waals surface area (Å²) in [5, 5.41) is 14.5. The molecule has 4 rings (SSSR count). The molecule has 0 spiro atoms. The van der Waals surface area contributed by atoms with Gasteiger partial charge in [-0.15, -0.1) is 0 Å². The van der Waals surface area contributed by atoms with Crippen LogP contribution in [0.5, 0.6) is 0 Å². The van der Waals surface area contributed by atoms with Crippen LogP contribution in [-0.4, -0.2) is 55.0 Å². The van der Waals surface area contributed by atoms with Crippen molar-refractivity contribution < 1.29 is 29.0 Å². The molecule has 8 heteroatoms. The highest BCUT2D eigenvalue weighted by molar-refractivity contribution is 5.86. The highest BCUT2D eigenvalue weighted by Gasteiger charge is 2.31.